The van der Waals surface area contributed by atoms with Crippen molar-refractivity contribution < 1.29 is 9.53 Å². The van der Waals surface area contributed by atoms with Crippen molar-refractivity contribution in [3.8, 4) is 6.07 Å². The Bertz CT molecular complexity index is 680. The fraction of sp³-hybridized carbons (Fsp3) is 0.214. The van der Waals surface area contributed by atoms with Gasteiger partial charge in [-0.15, -0.1) is 0 Å². The van der Waals surface area contributed by atoms with Gasteiger partial charge in [0.15, 0.2) is 5.69 Å². The summed E-state index contributed by atoms with van der Waals surface area (Å²) in [6.45, 7) is 2.25. The smallest absolute Gasteiger partial charge is 0.360 e. The van der Waals surface area contributed by atoms with Gasteiger partial charge >= 0.3 is 5.97 Å². The number of nitriles is 1. The number of aromatic nitrogens is 2. The molecule has 0 fully saturated rings. The van der Waals surface area contributed by atoms with Crippen molar-refractivity contribution in [1.29, 1.82) is 5.26 Å². The van der Waals surface area contributed by atoms with Crippen molar-refractivity contribution in [2.24, 2.45) is 0 Å². The topological polar surface area (TPSA) is 93.9 Å². The molecule has 102 valence electrons. The van der Waals surface area contributed by atoms with E-state index in [1.165, 1.54) is 7.11 Å². The number of hydrogen-bond acceptors (Lipinski definition) is 5. The van der Waals surface area contributed by atoms with Crippen LogP contribution in [0.5, 0.6) is 0 Å². The normalized spacial score (nSPS) is 10.1. The van der Waals surface area contributed by atoms with Crippen LogP contribution in [-0.2, 0) is 11.3 Å². The van der Waals surface area contributed by atoms with Crippen molar-refractivity contribution in [2.75, 3.05) is 12.8 Å². The van der Waals surface area contributed by atoms with E-state index in [1.807, 2.05) is 12.1 Å². The average molecular weight is 270 g/mol. The molecule has 0 aliphatic rings. The van der Waals surface area contributed by atoms with Crippen molar-refractivity contribution in [3.63, 3.8) is 0 Å². The van der Waals surface area contributed by atoms with Gasteiger partial charge < -0.3 is 15.0 Å². The highest BCUT2D eigenvalue weighted by Gasteiger charge is 2.19. The highest BCUT2D eigenvalue weighted by molar-refractivity contribution is 5.92. The highest BCUT2D eigenvalue weighted by Crippen LogP contribution is 2.17. The number of anilines is 1. The number of aryl methyl sites for hydroxylation is 1. The first-order chi connectivity index (χ1) is 9.56. The second kappa shape index (κ2) is 5.45. The summed E-state index contributed by atoms with van der Waals surface area (Å²) in [4.78, 5) is 15.6. The quantitative estimate of drug-likeness (QED) is 0.852. The number of esters is 1. The molecule has 1 aromatic carbocycles. The molecular weight excluding hydrogens is 256 g/mol. The highest BCUT2D eigenvalue weighted by atomic mass is 16.5. The first-order valence-corrected chi connectivity index (χ1v) is 5.96. The summed E-state index contributed by atoms with van der Waals surface area (Å²) in [7, 11) is 1.29. The lowest BCUT2D eigenvalue weighted by Crippen LogP contribution is -2.09. The van der Waals surface area contributed by atoms with Gasteiger partial charge in [-0.25, -0.2) is 9.78 Å². The summed E-state index contributed by atoms with van der Waals surface area (Å²) in [6.07, 6.45) is 0. The first-order valence-electron chi connectivity index (χ1n) is 5.96. The number of ether oxygens (including phenoxy) is 1. The van der Waals surface area contributed by atoms with Crippen LogP contribution < -0.4 is 5.73 Å². The maximum atomic E-state index is 11.5. The molecule has 2 N–H and O–H groups in total. The number of carbonyl (C=O) groups is 1. The number of carbonyl (C=O) groups excluding carboxylic acids is 1. The minimum Gasteiger partial charge on any atom is -0.464 e. The van der Waals surface area contributed by atoms with Crippen LogP contribution >= 0.6 is 0 Å². The van der Waals surface area contributed by atoms with Crippen molar-refractivity contribution >= 4 is 11.8 Å². The molecule has 0 radical (unpaired) electrons. The van der Waals surface area contributed by atoms with E-state index < -0.39 is 5.97 Å². The second-order valence-corrected chi connectivity index (χ2v) is 4.28. The van der Waals surface area contributed by atoms with Crippen LogP contribution in [-0.4, -0.2) is 22.6 Å². The fourth-order valence-corrected chi connectivity index (χ4v) is 1.90. The number of nitrogens with zero attached hydrogens (tertiary/aromatic N) is 3. The molecule has 0 spiro atoms. The summed E-state index contributed by atoms with van der Waals surface area (Å²) < 4.78 is 6.36. The number of rotatable bonds is 3. The van der Waals surface area contributed by atoms with E-state index >= 15 is 0 Å². The summed E-state index contributed by atoms with van der Waals surface area (Å²) in [5.74, 6) is 0.357. The third-order valence-corrected chi connectivity index (χ3v) is 3.00. The van der Waals surface area contributed by atoms with Crippen LogP contribution in [0.4, 0.5) is 5.82 Å². The number of imidazole rings is 1. The van der Waals surface area contributed by atoms with Gasteiger partial charge in [0.1, 0.15) is 11.6 Å². The molecule has 6 nitrogen and oxygen atoms in total. The number of nitrogens with two attached hydrogens (primary N) is 1. The Morgan fingerprint density at radius 3 is 2.65 bits per heavy atom. The number of methoxy groups -OCH3 is 1. The summed E-state index contributed by atoms with van der Waals surface area (Å²) in [6, 6.07) is 9.22. The Labute approximate surface area is 116 Å². The SMILES string of the molecule is COC(=O)c1nc(C)n(Cc2ccc(C#N)cc2)c1N. The zero-order valence-electron chi connectivity index (χ0n) is 11.3. The predicted molar refractivity (Wildman–Crippen MR) is 73.0 cm³/mol. The Hall–Kier alpha value is -2.81. The van der Waals surface area contributed by atoms with Gasteiger partial charge in [-0.1, -0.05) is 12.1 Å². The Kier molecular flexibility index (Phi) is 3.71. The Balaban J connectivity index is 2.31. The molecule has 0 unspecified atom stereocenters. The van der Waals surface area contributed by atoms with Gasteiger partial charge in [-0.05, 0) is 24.6 Å². The second-order valence-electron chi connectivity index (χ2n) is 4.28. The van der Waals surface area contributed by atoms with Gasteiger partial charge in [0, 0.05) is 0 Å². The van der Waals surface area contributed by atoms with E-state index in [9.17, 15) is 4.79 Å². The molecule has 0 atom stereocenters. The lowest BCUT2D eigenvalue weighted by atomic mass is 10.1. The van der Waals surface area contributed by atoms with Crippen LogP contribution in [0.2, 0.25) is 0 Å². The van der Waals surface area contributed by atoms with Gasteiger partial charge in [-0.2, -0.15) is 5.26 Å². The van der Waals surface area contributed by atoms with E-state index in [1.54, 1.807) is 23.6 Å². The number of hydrogen-bond donors (Lipinski definition) is 1. The van der Waals surface area contributed by atoms with Crippen molar-refractivity contribution in [1.82, 2.24) is 9.55 Å². The molecule has 0 bridgehead atoms. The summed E-state index contributed by atoms with van der Waals surface area (Å²) in [5, 5.41) is 8.76. The molecule has 1 aromatic heterocycles. The van der Waals surface area contributed by atoms with Crippen LogP contribution in [0, 0.1) is 18.3 Å². The monoisotopic (exact) mass is 270 g/mol. The van der Waals surface area contributed by atoms with Crippen LogP contribution in [0.1, 0.15) is 27.4 Å². The third kappa shape index (κ3) is 2.47. The fourth-order valence-electron chi connectivity index (χ4n) is 1.90. The zero-order chi connectivity index (χ0) is 14.7. The van der Waals surface area contributed by atoms with Crippen LogP contribution in [0.3, 0.4) is 0 Å². The minimum absolute atomic E-state index is 0.124. The first kappa shape index (κ1) is 13.6. The van der Waals surface area contributed by atoms with Gasteiger partial charge in [0.05, 0.1) is 25.3 Å². The molecule has 1 heterocycles. The molecule has 0 saturated heterocycles. The van der Waals surface area contributed by atoms with E-state index in [2.05, 4.69) is 15.8 Å². The average Bonchev–Trinajstić information content (AvgIpc) is 2.75. The van der Waals surface area contributed by atoms with Gasteiger partial charge in [0.25, 0.3) is 0 Å². The van der Waals surface area contributed by atoms with Crippen molar-refractivity contribution in [2.45, 2.75) is 13.5 Å². The zero-order valence-corrected chi connectivity index (χ0v) is 11.3. The van der Waals surface area contributed by atoms with E-state index in [-0.39, 0.29) is 11.5 Å². The molecule has 0 aliphatic carbocycles. The molecule has 0 aliphatic heterocycles. The molecule has 2 aromatic rings. The maximum Gasteiger partial charge on any atom is 0.360 e. The third-order valence-electron chi connectivity index (χ3n) is 3.00. The molecule has 20 heavy (non-hydrogen) atoms. The molecule has 2 rings (SSSR count). The van der Waals surface area contributed by atoms with E-state index in [0.717, 1.165) is 5.56 Å². The minimum atomic E-state index is -0.552. The maximum absolute atomic E-state index is 11.5. The molecule has 0 amide bonds. The van der Waals surface area contributed by atoms with Gasteiger partial charge in [-0.3, -0.25) is 0 Å². The lowest BCUT2D eigenvalue weighted by molar-refractivity contribution is 0.0595. The molecular formula is C14H14N4O2. The van der Waals surface area contributed by atoms with Crippen LogP contribution in [0.25, 0.3) is 0 Å². The number of benzene rings is 1. The van der Waals surface area contributed by atoms with Crippen molar-refractivity contribution in [3.05, 3.63) is 46.9 Å². The summed E-state index contributed by atoms with van der Waals surface area (Å²) in [5.41, 5.74) is 7.62. The largest absolute Gasteiger partial charge is 0.464 e. The Morgan fingerprint density at radius 2 is 2.10 bits per heavy atom. The molecule has 6 heteroatoms. The lowest BCUT2D eigenvalue weighted by Gasteiger charge is -2.07. The molecule has 0 saturated carbocycles. The Morgan fingerprint density at radius 1 is 1.45 bits per heavy atom. The van der Waals surface area contributed by atoms with E-state index in [4.69, 9.17) is 11.0 Å². The van der Waals surface area contributed by atoms with E-state index in [0.29, 0.717) is 17.9 Å². The summed E-state index contributed by atoms with van der Waals surface area (Å²) >= 11 is 0. The van der Waals surface area contributed by atoms with Crippen LogP contribution in [0.15, 0.2) is 24.3 Å². The van der Waals surface area contributed by atoms with Gasteiger partial charge in [0.2, 0.25) is 0 Å². The number of nitrogen functional groups attached to an aromatic ring is 1. The standard InChI is InChI=1S/C14H14N4O2/c1-9-17-12(14(19)20-2)13(16)18(9)8-11-5-3-10(7-15)4-6-11/h3-6H,8,16H2,1-2H3. The predicted octanol–water partition coefficient (Wildman–Crippen LogP) is 1.48.